The maximum Gasteiger partial charge on any atom is 0.406 e. The van der Waals surface area contributed by atoms with Crippen LogP contribution in [0.5, 0.6) is 0 Å². The highest BCUT2D eigenvalue weighted by atomic mass is 35.5. The van der Waals surface area contributed by atoms with E-state index in [1.54, 1.807) is 35.9 Å². The first-order valence-corrected chi connectivity index (χ1v) is 11.7. The van der Waals surface area contributed by atoms with Crippen LogP contribution in [0.1, 0.15) is 23.2 Å². The molecule has 0 saturated heterocycles. The Bertz CT molecular complexity index is 1480. The first-order valence-electron chi connectivity index (χ1n) is 11.3. The number of benzene rings is 2. The molecule has 0 N–H and O–H groups in total. The summed E-state index contributed by atoms with van der Waals surface area (Å²) in [5.41, 5.74) is 2.60. The number of halogens is 5. The summed E-state index contributed by atoms with van der Waals surface area (Å²) in [5, 5.41) is 8.42. The Morgan fingerprint density at radius 2 is 1.97 bits per heavy atom. The van der Waals surface area contributed by atoms with Crippen molar-refractivity contribution in [2.45, 2.75) is 25.9 Å². The molecule has 12 heteroatoms. The third-order valence-corrected chi connectivity index (χ3v) is 6.29. The highest BCUT2D eigenvalue weighted by Gasteiger charge is 2.39. The zero-order valence-corrected chi connectivity index (χ0v) is 20.2. The Balaban J connectivity index is 1.41. The molecule has 190 valence electrons. The second-order valence-electron chi connectivity index (χ2n) is 8.78. The molecule has 1 aromatic heterocycles. The number of alkyl halides is 3. The van der Waals surface area contributed by atoms with Crippen LogP contribution in [0.4, 0.5) is 23.2 Å². The number of carbonyl (C=O) groups excluding carboxylic acids is 1. The Morgan fingerprint density at radius 1 is 1.19 bits per heavy atom. The Kier molecular flexibility index (Phi) is 6.40. The molecule has 1 unspecified atom stereocenters. The van der Waals surface area contributed by atoms with Gasteiger partial charge in [-0.25, -0.2) is 9.37 Å². The molecule has 37 heavy (non-hydrogen) atoms. The summed E-state index contributed by atoms with van der Waals surface area (Å²) in [6, 6.07) is 9.03. The summed E-state index contributed by atoms with van der Waals surface area (Å²) < 4.78 is 57.6. The van der Waals surface area contributed by atoms with Gasteiger partial charge in [0.05, 0.1) is 28.7 Å². The van der Waals surface area contributed by atoms with Gasteiger partial charge in [0.2, 0.25) is 5.91 Å². The zero-order chi connectivity index (χ0) is 26.3. The molecule has 2 aliphatic rings. The molecular weight excluding hydrogens is 512 g/mol. The number of aromatic nitrogens is 2. The summed E-state index contributed by atoms with van der Waals surface area (Å²) in [6.45, 7) is 0.377. The van der Waals surface area contributed by atoms with Crippen LogP contribution < -0.4 is 4.90 Å². The van der Waals surface area contributed by atoms with E-state index in [1.165, 1.54) is 41.6 Å². The molecule has 3 aromatic rings. The number of amides is 1. The quantitative estimate of drug-likeness (QED) is 0.311. The van der Waals surface area contributed by atoms with Crippen LogP contribution in [0.15, 0.2) is 65.5 Å². The van der Waals surface area contributed by atoms with E-state index in [9.17, 15) is 22.4 Å². The molecule has 1 atom stereocenters. The summed E-state index contributed by atoms with van der Waals surface area (Å²) in [7, 11) is 0. The molecule has 1 amide bonds. The van der Waals surface area contributed by atoms with Crippen molar-refractivity contribution in [1.29, 1.82) is 0 Å². The molecular formula is C25H20ClF4N6O+. The largest absolute Gasteiger partial charge is 0.406 e. The standard InChI is InChI=1S/C25H20ClF4N6O/c1-15-10-34(14-31-15)23-6-4-16(9-20(23)27)21-12-35(33-32-21)11-18-3-2-17-8-19(26)5-7-22(17)36(24(18)37)13-25(28,29)30/h4-12,14,18H,2-3,13H2,1H3/q+1/b35-11+. The molecule has 2 aliphatic heterocycles. The number of aryl methyl sites for hydroxylation is 2. The Hall–Kier alpha value is -3.86. The van der Waals surface area contributed by atoms with Gasteiger partial charge in [-0.15, -0.1) is 4.68 Å². The Morgan fingerprint density at radius 3 is 2.68 bits per heavy atom. The minimum atomic E-state index is -4.59. The normalized spacial score (nSPS) is 18.8. The fourth-order valence-electron chi connectivity index (χ4n) is 4.35. The third-order valence-electron chi connectivity index (χ3n) is 6.05. The van der Waals surface area contributed by atoms with Gasteiger partial charge < -0.3 is 9.47 Å². The predicted molar refractivity (Wildman–Crippen MR) is 129 cm³/mol. The molecule has 0 spiro atoms. The lowest BCUT2D eigenvalue weighted by molar-refractivity contribution is -0.460. The lowest BCUT2D eigenvalue weighted by atomic mass is 10.0. The van der Waals surface area contributed by atoms with Crippen LogP contribution in [0, 0.1) is 18.7 Å². The van der Waals surface area contributed by atoms with Crippen molar-refractivity contribution in [2.75, 3.05) is 11.4 Å². The van der Waals surface area contributed by atoms with Gasteiger partial charge in [0, 0.05) is 22.5 Å². The Labute approximate surface area is 214 Å². The molecule has 0 aliphatic carbocycles. The molecule has 7 nitrogen and oxygen atoms in total. The number of anilines is 1. The fraction of sp³-hybridized carbons (Fsp3) is 0.240. The van der Waals surface area contributed by atoms with Gasteiger partial charge in [0.1, 0.15) is 23.8 Å². The molecule has 5 rings (SSSR count). The van der Waals surface area contributed by atoms with Gasteiger partial charge in [0.15, 0.2) is 6.20 Å². The lowest BCUT2D eigenvalue weighted by Crippen LogP contribution is -2.42. The monoisotopic (exact) mass is 531 g/mol. The first-order chi connectivity index (χ1) is 17.6. The van der Waals surface area contributed by atoms with Gasteiger partial charge in [0.25, 0.3) is 5.70 Å². The molecule has 0 bridgehead atoms. The minimum Gasteiger partial charge on any atom is -0.303 e. The molecule has 3 heterocycles. The highest BCUT2D eigenvalue weighted by molar-refractivity contribution is 6.30. The minimum absolute atomic E-state index is 0.186. The first kappa shape index (κ1) is 24.8. The van der Waals surface area contributed by atoms with E-state index in [0.717, 1.165) is 10.6 Å². The SMILES string of the molecule is Cc1cn(-c2ccc(C3=C/[N+](=C\C4CCc5cc(Cl)ccc5N(CC(F)(F)F)C4=O)N=N3)cc2F)cn1. The van der Waals surface area contributed by atoms with Crippen molar-refractivity contribution in [3.8, 4) is 5.69 Å². The van der Waals surface area contributed by atoms with Crippen molar-refractivity contribution in [3.05, 3.63) is 82.8 Å². The predicted octanol–water partition coefficient (Wildman–Crippen LogP) is 5.89. The summed E-state index contributed by atoms with van der Waals surface area (Å²) in [6.07, 6.45) is 2.13. The van der Waals surface area contributed by atoms with E-state index >= 15 is 0 Å². The van der Waals surface area contributed by atoms with Gasteiger partial charge in [-0.3, -0.25) is 4.79 Å². The van der Waals surface area contributed by atoms with Crippen molar-refractivity contribution in [3.63, 3.8) is 0 Å². The summed E-state index contributed by atoms with van der Waals surface area (Å²) in [5.74, 6) is -2.10. The number of carbonyl (C=O) groups is 1. The van der Waals surface area contributed by atoms with E-state index in [1.807, 2.05) is 0 Å². The molecule has 0 fully saturated rings. The highest BCUT2D eigenvalue weighted by Crippen LogP contribution is 2.34. The lowest BCUT2D eigenvalue weighted by Gasteiger charge is -2.25. The fourth-order valence-corrected chi connectivity index (χ4v) is 4.54. The van der Waals surface area contributed by atoms with E-state index in [-0.39, 0.29) is 12.1 Å². The van der Waals surface area contributed by atoms with Crippen molar-refractivity contribution >= 4 is 35.1 Å². The van der Waals surface area contributed by atoms with Crippen LogP contribution in [0.3, 0.4) is 0 Å². The van der Waals surface area contributed by atoms with Crippen molar-refractivity contribution < 1.29 is 27.0 Å². The second-order valence-corrected chi connectivity index (χ2v) is 9.22. The van der Waals surface area contributed by atoms with Gasteiger partial charge in [-0.1, -0.05) is 11.6 Å². The van der Waals surface area contributed by atoms with Crippen LogP contribution in [-0.4, -0.2) is 39.1 Å². The average molecular weight is 532 g/mol. The number of hydrogen-bond donors (Lipinski definition) is 0. The molecule has 0 saturated carbocycles. The molecule has 0 radical (unpaired) electrons. The number of rotatable bonds is 4. The van der Waals surface area contributed by atoms with Crippen LogP contribution in [-0.2, 0) is 11.2 Å². The number of fused-ring (bicyclic) bond motifs is 1. The van der Waals surface area contributed by atoms with Crippen LogP contribution in [0.2, 0.25) is 5.02 Å². The second kappa shape index (κ2) is 9.55. The number of nitrogens with zero attached hydrogens (tertiary/aromatic N) is 6. The van der Waals surface area contributed by atoms with Gasteiger partial charge >= 0.3 is 6.18 Å². The molecule has 2 aromatic carbocycles. The third kappa shape index (κ3) is 5.31. The smallest absolute Gasteiger partial charge is 0.303 e. The van der Waals surface area contributed by atoms with E-state index < -0.39 is 30.4 Å². The van der Waals surface area contributed by atoms with Crippen molar-refractivity contribution in [2.24, 2.45) is 16.3 Å². The van der Waals surface area contributed by atoms with E-state index in [4.69, 9.17) is 11.6 Å². The topological polar surface area (TPSA) is 65.9 Å². The van der Waals surface area contributed by atoms with Gasteiger partial charge in [-0.2, -0.15) is 13.2 Å². The maximum atomic E-state index is 14.8. The van der Waals surface area contributed by atoms with Crippen molar-refractivity contribution in [1.82, 2.24) is 9.55 Å². The summed E-state index contributed by atoms with van der Waals surface area (Å²) >= 11 is 6.04. The number of hydrogen-bond acceptors (Lipinski definition) is 4. The van der Waals surface area contributed by atoms with E-state index in [2.05, 4.69) is 15.3 Å². The zero-order valence-electron chi connectivity index (χ0n) is 19.5. The van der Waals surface area contributed by atoms with E-state index in [0.29, 0.717) is 34.0 Å². The maximum absolute atomic E-state index is 14.8. The summed E-state index contributed by atoms with van der Waals surface area (Å²) in [4.78, 5) is 18.0. The van der Waals surface area contributed by atoms with Gasteiger partial charge in [-0.05, 0) is 61.7 Å². The van der Waals surface area contributed by atoms with Crippen LogP contribution >= 0.6 is 11.6 Å². The number of imidazole rings is 1. The van der Waals surface area contributed by atoms with Crippen LogP contribution in [0.25, 0.3) is 11.4 Å². The average Bonchev–Trinajstić information content (AvgIpc) is 3.46.